The van der Waals surface area contributed by atoms with E-state index in [1.165, 1.54) is 13.2 Å². The normalized spacial score (nSPS) is 20.9. The van der Waals surface area contributed by atoms with E-state index in [1.54, 1.807) is 6.07 Å². The van der Waals surface area contributed by atoms with Crippen molar-refractivity contribution in [3.8, 4) is 28.1 Å². The third kappa shape index (κ3) is 7.45. The Labute approximate surface area is 287 Å². The van der Waals surface area contributed by atoms with E-state index in [0.717, 1.165) is 54.3 Å². The summed E-state index contributed by atoms with van der Waals surface area (Å²) in [6.07, 6.45) is 4.71. The van der Waals surface area contributed by atoms with E-state index in [9.17, 15) is 9.18 Å². The minimum Gasteiger partial charge on any atom is -0.490 e. The van der Waals surface area contributed by atoms with Crippen LogP contribution in [0.4, 0.5) is 14.6 Å². The van der Waals surface area contributed by atoms with Gasteiger partial charge in [0.05, 0.1) is 35.7 Å². The molecule has 2 aromatic carbocycles. The number of benzene rings is 2. The number of carbonyl (C=O) groups is 1. The van der Waals surface area contributed by atoms with Gasteiger partial charge in [-0.3, -0.25) is 4.40 Å². The predicted molar refractivity (Wildman–Crippen MR) is 186 cm³/mol. The van der Waals surface area contributed by atoms with Gasteiger partial charge in [0.1, 0.15) is 28.8 Å². The number of ether oxygens (including phenoxy) is 4. The Morgan fingerprint density at radius 1 is 1.08 bits per heavy atom. The zero-order valence-corrected chi connectivity index (χ0v) is 29.6. The number of pyridine rings is 1. The van der Waals surface area contributed by atoms with Crippen molar-refractivity contribution in [2.75, 3.05) is 31.7 Å². The van der Waals surface area contributed by atoms with E-state index in [1.807, 2.05) is 69.5 Å². The van der Waals surface area contributed by atoms with Crippen LogP contribution in [-0.4, -0.2) is 59.5 Å². The van der Waals surface area contributed by atoms with E-state index >= 15 is 4.39 Å². The van der Waals surface area contributed by atoms with Gasteiger partial charge in [-0.2, -0.15) is 0 Å². The molecule has 4 aromatic rings. The summed E-state index contributed by atoms with van der Waals surface area (Å²) in [7, 11) is 1.38. The minimum atomic E-state index is -0.976. The average molecular weight is 676 g/mol. The van der Waals surface area contributed by atoms with Gasteiger partial charge in [-0.05, 0) is 96.9 Å². The van der Waals surface area contributed by atoms with E-state index in [2.05, 4.69) is 11.8 Å². The number of anilines is 1. The molecule has 10 heteroatoms. The van der Waals surface area contributed by atoms with Crippen LogP contribution in [0.3, 0.4) is 0 Å². The van der Waals surface area contributed by atoms with Crippen molar-refractivity contribution < 1.29 is 32.5 Å². The molecule has 49 heavy (non-hydrogen) atoms. The molecule has 6 bridgehead atoms. The predicted octanol–water partition coefficient (Wildman–Crippen LogP) is 8.61. The summed E-state index contributed by atoms with van der Waals surface area (Å²) in [5, 5.41) is 0. The van der Waals surface area contributed by atoms with Crippen LogP contribution in [0.1, 0.15) is 84.0 Å². The van der Waals surface area contributed by atoms with Crippen LogP contribution >= 0.6 is 0 Å². The molecule has 2 atom stereocenters. The molecule has 8 nitrogen and oxygen atoms in total. The molecule has 0 radical (unpaired) electrons. The first-order valence-corrected chi connectivity index (χ1v) is 17.2. The Morgan fingerprint density at radius 3 is 2.53 bits per heavy atom. The van der Waals surface area contributed by atoms with Gasteiger partial charge in [0, 0.05) is 49.2 Å². The fraction of sp³-hybridized carbons (Fsp3) is 0.487. The highest BCUT2D eigenvalue weighted by Crippen LogP contribution is 2.41. The van der Waals surface area contributed by atoms with Crippen LogP contribution in [-0.2, 0) is 19.0 Å². The number of aryl methyl sites for hydroxylation is 1. The number of nitrogens with zero attached hydrogens (tertiary/aromatic N) is 3. The van der Waals surface area contributed by atoms with Crippen molar-refractivity contribution in [2.24, 2.45) is 0 Å². The second kappa shape index (κ2) is 13.7. The number of hydrogen-bond donors (Lipinski definition) is 0. The van der Waals surface area contributed by atoms with Crippen LogP contribution in [0.15, 0.2) is 48.7 Å². The Balaban J connectivity index is 1.55. The highest BCUT2D eigenvalue weighted by atomic mass is 19.1. The second-order valence-electron chi connectivity index (χ2n) is 14.6. The van der Waals surface area contributed by atoms with Crippen molar-refractivity contribution >= 4 is 17.4 Å². The van der Waals surface area contributed by atoms with E-state index in [0.29, 0.717) is 43.0 Å². The molecule has 2 aromatic heterocycles. The third-order valence-corrected chi connectivity index (χ3v) is 9.49. The zero-order chi connectivity index (χ0) is 35.1. The van der Waals surface area contributed by atoms with Crippen LogP contribution in [0.2, 0.25) is 0 Å². The maximum Gasteiger partial charge on any atom is 0.339 e. The number of esters is 1. The highest BCUT2D eigenvalue weighted by molar-refractivity contribution is 5.82. The summed E-state index contributed by atoms with van der Waals surface area (Å²) in [5.74, 6) is -0.893. The molecule has 0 aliphatic carbocycles. The van der Waals surface area contributed by atoms with Gasteiger partial charge < -0.3 is 23.8 Å². The molecular formula is C39H47F2N3O5. The number of piperidine rings is 1. The number of halogens is 2. The Kier molecular flexibility index (Phi) is 9.74. The number of hydrogen-bond acceptors (Lipinski definition) is 7. The number of fused-ring (bicyclic) bond motifs is 8. The molecule has 0 amide bonds. The number of methoxy groups -OCH3 is 1. The zero-order valence-electron chi connectivity index (χ0n) is 29.6. The van der Waals surface area contributed by atoms with E-state index < -0.39 is 29.3 Å². The fourth-order valence-electron chi connectivity index (χ4n) is 6.94. The second-order valence-corrected chi connectivity index (χ2v) is 14.6. The average Bonchev–Trinajstić information content (AvgIpc) is 3.46. The number of aromatic nitrogens is 2. The molecule has 0 N–H and O–H groups in total. The monoisotopic (exact) mass is 675 g/mol. The topological polar surface area (TPSA) is 74.5 Å². The van der Waals surface area contributed by atoms with Gasteiger partial charge in [-0.1, -0.05) is 18.2 Å². The van der Waals surface area contributed by atoms with Gasteiger partial charge in [0.15, 0.2) is 6.10 Å². The first-order valence-electron chi connectivity index (χ1n) is 17.2. The largest absolute Gasteiger partial charge is 0.490 e. The molecular weight excluding hydrogens is 628 g/mol. The summed E-state index contributed by atoms with van der Waals surface area (Å²) in [5.41, 5.74) is 3.48. The lowest BCUT2D eigenvalue weighted by Gasteiger charge is -2.42. The van der Waals surface area contributed by atoms with Crippen LogP contribution in [0.25, 0.3) is 28.0 Å². The smallest absolute Gasteiger partial charge is 0.339 e. The Morgan fingerprint density at radius 2 is 1.82 bits per heavy atom. The summed E-state index contributed by atoms with van der Waals surface area (Å²) < 4.78 is 56.5. The molecule has 3 aliphatic heterocycles. The van der Waals surface area contributed by atoms with Crippen molar-refractivity contribution in [2.45, 2.75) is 97.1 Å². The maximum absolute atomic E-state index is 15.5. The Hall–Kier alpha value is -4.02. The van der Waals surface area contributed by atoms with E-state index in [-0.39, 0.29) is 23.0 Å². The lowest BCUT2D eigenvalue weighted by atomic mass is 9.92. The van der Waals surface area contributed by atoms with E-state index in [4.69, 9.17) is 23.9 Å². The summed E-state index contributed by atoms with van der Waals surface area (Å²) in [4.78, 5) is 20.7. The summed E-state index contributed by atoms with van der Waals surface area (Å²) in [6.45, 7) is 13.8. The summed E-state index contributed by atoms with van der Waals surface area (Å²) >= 11 is 0. The molecule has 262 valence electrons. The lowest BCUT2D eigenvalue weighted by molar-refractivity contribution is -0.164. The van der Waals surface area contributed by atoms with Gasteiger partial charge in [0.25, 0.3) is 0 Å². The highest BCUT2D eigenvalue weighted by Gasteiger charge is 2.37. The molecule has 1 saturated heterocycles. The number of rotatable bonds is 3. The lowest BCUT2D eigenvalue weighted by Crippen LogP contribution is -2.45. The molecule has 0 spiro atoms. The first kappa shape index (κ1) is 34.8. The Bertz CT molecular complexity index is 1840. The van der Waals surface area contributed by atoms with Crippen molar-refractivity contribution in [3.63, 3.8) is 0 Å². The van der Waals surface area contributed by atoms with Crippen molar-refractivity contribution in [1.82, 2.24) is 9.38 Å². The molecule has 2 unspecified atom stereocenters. The molecule has 0 saturated carbocycles. The standard InChI is InChI=1S/C39H47F2N3O5/c1-24-19-32-42-30-23-44(32)36(33(24)35(37(45)46-7)49-38(3,4)5)43-16-14-39(6,15-17-43)47-18-9-8-11-25(2)48-31-22-28(40)21-29(41)34(31)27-13-10-12-26(30)20-27/h10,12-13,19-23,25,35H,8-9,11,14-18H2,1-7H3. The van der Waals surface area contributed by atoms with Crippen LogP contribution < -0.4 is 9.64 Å². The SMILES string of the molecule is COC(=O)C(OC(C)(C)C)c1c(C)cc2nc3cn2c1N1CCC(C)(CC1)OCCCCC(C)Oc1cc(F)cc(F)c1-c1cccc-3c1. The molecule has 7 rings (SSSR count). The van der Waals surface area contributed by atoms with Crippen LogP contribution in [0, 0.1) is 18.6 Å². The first-order chi connectivity index (χ1) is 23.2. The fourth-order valence-corrected chi connectivity index (χ4v) is 6.94. The molecule has 3 aliphatic rings. The third-order valence-electron chi connectivity index (χ3n) is 9.49. The number of imidazole rings is 1. The van der Waals surface area contributed by atoms with Crippen molar-refractivity contribution in [1.29, 1.82) is 0 Å². The van der Waals surface area contributed by atoms with Crippen molar-refractivity contribution in [3.05, 3.63) is 71.4 Å². The van der Waals surface area contributed by atoms with Gasteiger partial charge in [-0.25, -0.2) is 18.6 Å². The molecule has 1 fully saturated rings. The quantitative estimate of drug-likeness (QED) is 0.201. The maximum atomic E-state index is 15.5. The molecule has 5 heterocycles. The van der Waals surface area contributed by atoms with Gasteiger partial charge in [0.2, 0.25) is 0 Å². The van der Waals surface area contributed by atoms with Gasteiger partial charge in [-0.15, -0.1) is 0 Å². The minimum absolute atomic E-state index is 0.163. The van der Waals surface area contributed by atoms with Gasteiger partial charge >= 0.3 is 5.97 Å². The summed E-state index contributed by atoms with van der Waals surface area (Å²) in [6, 6.07) is 11.5. The number of carbonyl (C=O) groups excluding carboxylic acids is 1. The van der Waals surface area contributed by atoms with Crippen LogP contribution in [0.5, 0.6) is 5.75 Å².